The highest BCUT2D eigenvalue weighted by Gasteiger charge is 2.33. The fourth-order valence-corrected chi connectivity index (χ4v) is 2.00. The molecule has 0 aliphatic heterocycles. The molecule has 0 aromatic carbocycles. The van der Waals surface area contributed by atoms with Crippen molar-refractivity contribution in [3.8, 4) is 0 Å². The molecular formula is C11H6Cl2F5N5O. The van der Waals surface area contributed by atoms with E-state index in [1.807, 2.05) is 0 Å². The van der Waals surface area contributed by atoms with Gasteiger partial charge in [0, 0.05) is 0 Å². The molecule has 1 N–H and O–H groups in total. The Morgan fingerprint density at radius 1 is 1.29 bits per heavy atom. The molecule has 0 spiro atoms. The monoisotopic (exact) mass is 389 g/mol. The molecule has 0 aliphatic carbocycles. The largest absolute Gasteiger partial charge is 0.408 e. The molecule has 6 nitrogen and oxygen atoms in total. The lowest BCUT2D eigenvalue weighted by Gasteiger charge is -2.11. The van der Waals surface area contributed by atoms with Crippen LogP contribution < -0.4 is 5.32 Å². The summed E-state index contributed by atoms with van der Waals surface area (Å²) in [4.78, 5) is 12.1. The number of carbonyl (C=O) groups excluding carboxylic acids is 1. The maximum atomic E-state index is 13.1. The summed E-state index contributed by atoms with van der Waals surface area (Å²) >= 11 is 11.3. The first-order valence-corrected chi connectivity index (χ1v) is 6.74. The molecule has 0 aliphatic rings. The number of carbonyl (C=O) groups is 1. The molecule has 1 amide bonds. The minimum atomic E-state index is -4.78. The van der Waals surface area contributed by atoms with Crippen molar-refractivity contribution in [2.45, 2.75) is 19.1 Å². The van der Waals surface area contributed by atoms with E-state index >= 15 is 0 Å². The van der Waals surface area contributed by atoms with Gasteiger partial charge in [-0.2, -0.15) is 23.4 Å². The van der Waals surface area contributed by atoms with E-state index in [9.17, 15) is 26.7 Å². The molecule has 2 heterocycles. The van der Waals surface area contributed by atoms with Crippen LogP contribution in [-0.2, 0) is 6.54 Å². The molecule has 2 rings (SSSR count). The molecule has 0 fully saturated rings. The van der Waals surface area contributed by atoms with E-state index < -0.39 is 36.3 Å². The van der Waals surface area contributed by atoms with Gasteiger partial charge in [0.25, 0.3) is 12.3 Å². The van der Waals surface area contributed by atoms with Crippen molar-refractivity contribution >= 4 is 34.8 Å². The number of anilines is 1. The fourth-order valence-electron chi connectivity index (χ4n) is 1.72. The zero-order valence-electron chi connectivity index (χ0n) is 11.3. The van der Waals surface area contributed by atoms with E-state index in [0.29, 0.717) is 6.20 Å². The Morgan fingerprint density at radius 3 is 2.54 bits per heavy atom. The first kappa shape index (κ1) is 18.3. The van der Waals surface area contributed by atoms with Crippen LogP contribution in [0.2, 0.25) is 10.2 Å². The second kappa shape index (κ2) is 6.85. The summed E-state index contributed by atoms with van der Waals surface area (Å²) in [6.07, 6.45) is -6.54. The van der Waals surface area contributed by atoms with Crippen molar-refractivity contribution in [3.63, 3.8) is 0 Å². The van der Waals surface area contributed by atoms with Crippen molar-refractivity contribution in [2.24, 2.45) is 0 Å². The number of hydrogen-bond acceptors (Lipinski definition) is 4. The van der Waals surface area contributed by atoms with Crippen LogP contribution in [-0.4, -0.2) is 32.1 Å². The third-order valence-electron chi connectivity index (χ3n) is 2.66. The second-order valence-electron chi connectivity index (χ2n) is 4.33. The van der Waals surface area contributed by atoms with Gasteiger partial charge in [0.1, 0.15) is 17.3 Å². The van der Waals surface area contributed by atoms with Crippen LogP contribution in [0.1, 0.15) is 22.5 Å². The lowest BCUT2D eigenvalue weighted by atomic mass is 10.2. The number of halogens is 7. The Bertz CT molecular complexity index is 764. The van der Waals surface area contributed by atoms with Crippen molar-refractivity contribution in [3.05, 3.63) is 33.8 Å². The van der Waals surface area contributed by atoms with Gasteiger partial charge in [0.2, 0.25) is 0 Å². The third-order valence-corrected chi connectivity index (χ3v) is 3.40. The zero-order chi connectivity index (χ0) is 18.1. The minimum Gasteiger partial charge on any atom is -0.319 e. The first-order valence-electron chi connectivity index (χ1n) is 5.98. The molecule has 13 heteroatoms. The standard InChI is InChI=1S/C11H6Cl2F5N5O/c12-6-5(2-19-22-8(6)13)21-10(24)4-1-20-23(3-11(16,17)18)7(4)9(14)15/h1-2,9H,3H2,(H,21,22,24). The maximum Gasteiger partial charge on any atom is 0.408 e. The highest BCUT2D eigenvalue weighted by atomic mass is 35.5. The van der Waals surface area contributed by atoms with Crippen LogP contribution in [0.4, 0.5) is 27.6 Å². The van der Waals surface area contributed by atoms with Crippen molar-refractivity contribution < 1.29 is 26.7 Å². The van der Waals surface area contributed by atoms with E-state index in [-0.39, 0.29) is 20.5 Å². The van der Waals surface area contributed by atoms with Gasteiger partial charge in [-0.1, -0.05) is 23.2 Å². The summed E-state index contributed by atoms with van der Waals surface area (Å²) in [5.41, 5.74) is -2.06. The predicted molar refractivity (Wildman–Crippen MR) is 73.2 cm³/mol. The summed E-state index contributed by atoms with van der Waals surface area (Å²) in [7, 11) is 0. The number of hydrogen-bond donors (Lipinski definition) is 1. The third kappa shape index (κ3) is 4.09. The molecule has 0 bridgehead atoms. The molecule has 0 unspecified atom stereocenters. The number of rotatable bonds is 4. The Kier molecular flexibility index (Phi) is 5.23. The molecule has 2 aromatic heterocycles. The molecule has 2 aromatic rings. The van der Waals surface area contributed by atoms with Gasteiger partial charge in [0.15, 0.2) is 5.15 Å². The van der Waals surface area contributed by atoms with Crippen molar-refractivity contribution in [1.82, 2.24) is 20.0 Å². The van der Waals surface area contributed by atoms with Crippen molar-refractivity contribution in [1.29, 1.82) is 0 Å². The summed E-state index contributed by atoms with van der Waals surface area (Å²) in [5.74, 6) is -1.15. The Labute approximate surface area is 140 Å². The van der Waals surface area contributed by atoms with E-state index in [2.05, 4.69) is 20.6 Å². The highest BCUT2D eigenvalue weighted by Crippen LogP contribution is 2.29. The van der Waals surface area contributed by atoms with Gasteiger partial charge in [-0.3, -0.25) is 9.48 Å². The van der Waals surface area contributed by atoms with E-state index in [1.165, 1.54) is 0 Å². The Morgan fingerprint density at radius 2 is 1.96 bits per heavy atom. The van der Waals surface area contributed by atoms with Gasteiger partial charge >= 0.3 is 6.18 Å². The molecule has 0 atom stereocenters. The highest BCUT2D eigenvalue weighted by molar-refractivity contribution is 6.43. The minimum absolute atomic E-state index is 0.0129. The van der Waals surface area contributed by atoms with Crippen LogP contribution >= 0.6 is 23.2 Å². The number of aromatic nitrogens is 4. The van der Waals surface area contributed by atoms with E-state index in [0.717, 1.165) is 6.20 Å². The smallest absolute Gasteiger partial charge is 0.319 e. The summed E-state index contributed by atoms with van der Waals surface area (Å²) in [6.45, 7) is -1.76. The Hall–Kier alpha value is -2.01. The Balaban J connectivity index is 2.34. The molecule has 0 saturated heterocycles. The fraction of sp³-hybridized carbons (Fsp3) is 0.273. The number of nitrogens with zero attached hydrogens (tertiary/aromatic N) is 4. The SMILES string of the molecule is O=C(Nc1cnnc(Cl)c1Cl)c1cnn(CC(F)(F)F)c1C(F)F. The number of alkyl halides is 5. The van der Waals surface area contributed by atoms with Gasteiger partial charge in [-0.05, 0) is 0 Å². The zero-order valence-corrected chi connectivity index (χ0v) is 12.8. The predicted octanol–water partition coefficient (Wildman–Crippen LogP) is 3.73. The molecule has 130 valence electrons. The maximum absolute atomic E-state index is 13.1. The topological polar surface area (TPSA) is 72.7 Å². The lowest BCUT2D eigenvalue weighted by molar-refractivity contribution is -0.143. The molecule has 24 heavy (non-hydrogen) atoms. The summed E-state index contributed by atoms with van der Waals surface area (Å²) in [5, 5.41) is 11.6. The second-order valence-corrected chi connectivity index (χ2v) is 5.07. The lowest BCUT2D eigenvalue weighted by Crippen LogP contribution is -2.22. The van der Waals surface area contributed by atoms with Crippen LogP contribution in [0.15, 0.2) is 12.4 Å². The van der Waals surface area contributed by atoms with Crippen molar-refractivity contribution in [2.75, 3.05) is 5.32 Å². The van der Waals surface area contributed by atoms with Gasteiger partial charge in [-0.15, -0.1) is 5.10 Å². The average Bonchev–Trinajstić information content (AvgIpc) is 2.85. The number of nitrogens with one attached hydrogen (secondary N) is 1. The van der Waals surface area contributed by atoms with Gasteiger partial charge < -0.3 is 5.32 Å². The molecular weight excluding hydrogens is 384 g/mol. The van der Waals surface area contributed by atoms with Crippen LogP contribution in [0, 0.1) is 0 Å². The normalized spacial score (nSPS) is 11.8. The van der Waals surface area contributed by atoms with E-state index in [4.69, 9.17) is 23.2 Å². The molecule has 0 radical (unpaired) electrons. The van der Waals surface area contributed by atoms with Crippen LogP contribution in [0.5, 0.6) is 0 Å². The average molecular weight is 390 g/mol. The quantitative estimate of drug-likeness (QED) is 0.808. The van der Waals surface area contributed by atoms with Crippen LogP contribution in [0.3, 0.4) is 0 Å². The summed E-state index contributed by atoms with van der Waals surface area (Å²) < 4.78 is 63.3. The number of amides is 1. The van der Waals surface area contributed by atoms with Gasteiger partial charge in [0.05, 0.1) is 23.6 Å². The van der Waals surface area contributed by atoms with Gasteiger partial charge in [-0.25, -0.2) is 8.78 Å². The van der Waals surface area contributed by atoms with Crippen LogP contribution in [0.25, 0.3) is 0 Å². The summed E-state index contributed by atoms with van der Waals surface area (Å²) in [6, 6.07) is 0. The first-order chi connectivity index (χ1) is 11.1. The van der Waals surface area contributed by atoms with E-state index in [1.54, 1.807) is 0 Å². The molecule has 0 saturated carbocycles.